The van der Waals surface area contributed by atoms with Gasteiger partial charge in [0.15, 0.2) is 0 Å². The van der Waals surface area contributed by atoms with E-state index in [0.29, 0.717) is 28.6 Å². The van der Waals surface area contributed by atoms with Crippen molar-refractivity contribution in [3.8, 4) is 0 Å². The fraction of sp³-hybridized carbons (Fsp3) is 0.444. The van der Waals surface area contributed by atoms with Gasteiger partial charge in [0.1, 0.15) is 5.82 Å². The second-order valence-corrected chi connectivity index (χ2v) is 6.13. The van der Waals surface area contributed by atoms with E-state index in [1.54, 1.807) is 12.1 Å². The molecule has 3 rings (SSSR count). The molecule has 23 heavy (non-hydrogen) atoms. The van der Waals surface area contributed by atoms with Crippen LogP contribution < -0.4 is 0 Å². The number of pyridine rings is 1. The van der Waals surface area contributed by atoms with Crippen molar-refractivity contribution in [2.24, 2.45) is 0 Å². The molecular weight excluding hydrogens is 295 g/mol. The summed E-state index contributed by atoms with van der Waals surface area (Å²) in [5, 5.41) is 9.71. The van der Waals surface area contributed by atoms with Gasteiger partial charge >= 0.3 is 0 Å². The molecular formula is C18H21FN2O2. The van der Waals surface area contributed by atoms with Gasteiger partial charge < -0.3 is 10.0 Å². The van der Waals surface area contributed by atoms with Crippen molar-refractivity contribution in [3.05, 3.63) is 41.3 Å². The maximum atomic E-state index is 13.4. The van der Waals surface area contributed by atoms with Gasteiger partial charge in [-0.25, -0.2) is 4.39 Å². The Morgan fingerprint density at radius 3 is 3.04 bits per heavy atom. The number of benzene rings is 1. The Balaban J connectivity index is 1.97. The summed E-state index contributed by atoms with van der Waals surface area (Å²) in [7, 11) is 0. The first-order valence-electron chi connectivity index (χ1n) is 8.09. The summed E-state index contributed by atoms with van der Waals surface area (Å²) in [4.78, 5) is 19.2. The van der Waals surface area contributed by atoms with E-state index < -0.39 is 0 Å². The first-order chi connectivity index (χ1) is 11.1. The van der Waals surface area contributed by atoms with Gasteiger partial charge in [0.2, 0.25) is 0 Å². The smallest absolute Gasteiger partial charge is 0.254 e. The number of amides is 1. The second kappa shape index (κ2) is 6.62. The Bertz CT molecular complexity index is 727. The van der Waals surface area contributed by atoms with E-state index in [0.717, 1.165) is 25.8 Å². The number of hydrogen-bond donors (Lipinski definition) is 1. The van der Waals surface area contributed by atoms with Crippen LogP contribution in [0.2, 0.25) is 0 Å². The molecule has 1 aromatic heterocycles. The lowest BCUT2D eigenvalue weighted by molar-refractivity contribution is 0.0726. The normalized spacial score (nSPS) is 17.9. The molecule has 122 valence electrons. The van der Waals surface area contributed by atoms with Gasteiger partial charge in [0, 0.05) is 36.3 Å². The minimum Gasteiger partial charge on any atom is -0.396 e. The molecule has 4 nitrogen and oxygen atoms in total. The first-order valence-corrected chi connectivity index (χ1v) is 8.09. The molecule has 0 radical (unpaired) electrons. The number of nitrogens with zero attached hydrogens (tertiary/aromatic N) is 2. The fourth-order valence-electron chi connectivity index (χ4n) is 3.40. The number of aryl methyl sites for hydroxylation is 1. The molecule has 1 atom stereocenters. The van der Waals surface area contributed by atoms with E-state index in [4.69, 9.17) is 5.11 Å². The summed E-state index contributed by atoms with van der Waals surface area (Å²) >= 11 is 0. The van der Waals surface area contributed by atoms with E-state index >= 15 is 0 Å². The molecule has 1 aromatic carbocycles. The zero-order valence-electron chi connectivity index (χ0n) is 13.3. The van der Waals surface area contributed by atoms with Crippen LogP contribution in [-0.4, -0.2) is 40.1 Å². The Morgan fingerprint density at radius 2 is 2.26 bits per heavy atom. The number of carbonyl (C=O) groups excluding carboxylic acids is 1. The van der Waals surface area contributed by atoms with E-state index in [1.807, 2.05) is 11.8 Å². The third kappa shape index (κ3) is 3.20. The summed E-state index contributed by atoms with van der Waals surface area (Å²) in [6.07, 6.45) is 3.48. The molecule has 1 aliphatic rings. The standard InChI is InChI=1S/C18H21FN2O2/c1-12-10-16(15-7-6-13(19)11-17(15)20-12)18(23)21-8-2-4-14(21)5-3-9-22/h6-7,10-11,14,22H,2-5,8-9H2,1H3. The van der Waals surface area contributed by atoms with Crippen LogP contribution in [0.15, 0.2) is 24.3 Å². The Kier molecular flexibility index (Phi) is 4.57. The van der Waals surface area contributed by atoms with Crippen molar-refractivity contribution < 1.29 is 14.3 Å². The molecule has 1 fully saturated rings. The highest BCUT2D eigenvalue weighted by molar-refractivity contribution is 6.06. The zero-order valence-corrected chi connectivity index (χ0v) is 13.3. The largest absolute Gasteiger partial charge is 0.396 e. The summed E-state index contributed by atoms with van der Waals surface area (Å²) in [5.41, 5.74) is 1.81. The van der Waals surface area contributed by atoms with Gasteiger partial charge in [0.05, 0.1) is 11.1 Å². The quantitative estimate of drug-likeness (QED) is 0.943. The summed E-state index contributed by atoms with van der Waals surface area (Å²) < 4.78 is 13.4. The lowest BCUT2D eigenvalue weighted by atomic mass is 10.0. The van der Waals surface area contributed by atoms with Gasteiger partial charge in [0.25, 0.3) is 5.91 Å². The number of rotatable bonds is 4. The van der Waals surface area contributed by atoms with Gasteiger partial charge in [-0.1, -0.05) is 0 Å². The topological polar surface area (TPSA) is 53.4 Å². The van der Waals surface area contributed by atoms with Crippen LogP contribution in [0.5, 0.6) is 0 Å². The van der Waals surface area contributed by atoms with Crippen molar-refractivity contribution in [2.45, 2.75) is 38.6 Å². The average molecular weight is 316 g/mol. The van der Waals surface area contributed by atoms with Crippen molar-refractivity contribution in [1.82, 2.24) is 9.88 Å². The molecule has 2 heterocycles. The predicted molar refractivity (Wildman–Crippen MR) is 86.8 cm³/mol. The highest BCUT2D eigenvalue weighted by Gasteiger charge is 2.30. The minimum absolute atomic E-state index is 0.0208. The SMILES string of the molecule is Cc1cc(C(=O)N2CCCC2CCCO)c2ccc(F)cc2n1. The maximum absolute atomic E-state index is 13.4. The molecule has 0 spiro atoms. The van der Waals surface area contributed by atoms with Crippen molar-refractivity contribution in [3.63, 3.8) is 0 Å². The Hall–Kier alpha value is -2.01. The van der Waals surface area contributed by atoms with Crippen LogP contribution in [0.3, 0.4) is 0 Å². The fourth-order valence-corrected chi connectivity index (χ4v) is 3.40. The Labute approximate surface area is 134 Å². The van der Waals surface area contributed by atoms with Crippen LogP contribution in [0.25, 0.3) is 10.9 Å². The predicted octanol–water partition coefficient (Wildman–Crippen LogP) is 3.06. The second-order valence-electron chi connectivity index (χ2n) is 6.13. The van der Waals surface area contributed by atoms with Gasteiger partial charge in [-0.15, -0.1) is 0 Å². The van der Waals surface area contributed by atoms with E-state index in [9.17, 15) is 9.18 Å². The van der Waals surface area contributed by atoms with Gasteiger partial charge in [-0.3, -0.25) is 9.78 Å². The monoisotopic (exact) mass is 316 g/mol. The number of hydrogen-bond acceptors (Lipinski definition) is 3. The van der Waals surface area contributed by atoms with Crippen LogP contribution >= 0.6 is 0 Å². The maximum Gasteiger partial charge on any atom is 0.254 e. The number of likely N-dealkylation sites (tertiary alicyclic amines) is 1. The molecule has 1 unspecified atom stereocenters. The number of aromatic nitrogens is 1. The minimum atomic E-state index is -0.351. The van der Waals surface area contributed by atoms with E-state index in [-0.39, 0.29) is 24.4 Å². The highest BCUT2D eigenvalue weighted by Crippen LogP contribution is 2.27. The van der Waals surface area contributed by atoms with Crippen molar-refractivity contribution in [1.29, 1.82) is 0 Å². The number of aliphatic hydroxyl groups excluding tert-OH is 1. The third-order valence-electron chi connectivity index (χ3n) is 4.46. The molecule has 1 amide bonds. The van der Waals surface area contributed by atoms with Crippen molar-refractivity contribution in [2.75, 3.05) is 13.2 Å². The molecule has 1 aliphatic heterocycles. The zero-order chi connectivity index (χ0) is 16.4. The number of aliphatic hydroxyl groups is 1. The summed E-state index contributed by atoms with van der Waals surface area (Å²) in [6.45, 7) is 2.70. The Morgan fingerprint density at radius 1 is 1.43 bits per heavy atom. The molecule has 2 aromatic rings. The van der Waals surface area contributed by atoms with Gasteiger partial charge in [-0.2, -0.15) is 0 Å². The third-order valence-corrected chi connectivity index (χ3v) is 4.46. The van der Waals surface area contributed by atoms with E-state index in [2.05, 4.69) is 4.98 Å². The van der Waals surface area contributed by atoms with Crippen LogP contribution in [0.4, 0.5) is 4.39 Å². The summed E-state index contributed by atoms with van der Waals surface area (Å²) in [5.74, 6) is -0.372. The number of fused-ring (bicyclic) bond motifs is 1. The van der Waals surface area contributed by atoms with Crippen LogP contribution in [0, 0.1) is 12.7 Å². The molecule has 1 saturated heterocycles. The van der Waals surface area contributed by atoms with Crippen LogP contribution in [-0.2, 0) is 0 Å². The van der Waals surface area contributed by atoms with Crippen molar-refractivity contribution >= 4 is 16.8 Å². The molecule has 0 saturated carbocycles. The highest BCUT2D eigenvalue weighted by atomic mass is 19.1. The first kappa shape index (κ1) is 15.9. The molecule has 0 bridgehead atoms. The molecule has 0 aliphatic carbocycles. The lowest BCUT2D eigenvalue weighted by Crippen LogP contribution is -2.35. The number of carbonyl (C=O) groups is 1. The van der Waals surface area contributed by atoms with Gasteiger partial charge in [-0.05, 0) is 50.8 Å². The number of halogens is 1. The average Bonchev–Trinajstić information content (AvgIpc) is 2.99. The lowest BCUT2D eigenvalue weighted by Gasteiger charge is -2.25. The molecule has 1 N–H and O–H groups in total. The summed E-state index contributed by atoms with van der Waals surface area (Å²) in [6, 6.07) is 6.32. The molecule has 5 heteroatoms. The van der Waals surface area contributed by atoms with Crippen LogP contribution in [0.1, 0.15) is 41.7 Å². The van der Waals surface area contributed by atoms with E-state index in [1.165, 1.54) is 12.1 Å².